The first kappa shape index (κ1) is 13.2. The zero-order valence-electron chi connectivity index (χ0n) is 10.1. The second kappa shape index (κ2) is 5.61. The van der Waals surface area contributed by atoms with Crippen molar-refractivity contribution >= 4 is 22.5 Å². The standard InChI is InChI=1S/C14H14ClF2N/c1-2-3-4-9-5-6-12-10(7-9)11(15)8-13(18-12)14(16)17/h5-8,14H,2-4H2,1H3. The average Bonchev–Trinajstić information content (AvgIpc) is 2.36. The summed E-state index contributed by atoms with van der Waals surface area (Å²) in [5, 5.41) is 1.09. The Labute approximate surface area is 110 Å². The molecule has 0 fully saturated rings. The van der Waals surface area contributed by atoms with E-state index in [1.807, 2.05) is 12.1 Å². The van der Waals surface area contributed by atoms with Crippen molar-refractivity contribution < 1.29 is 8.78 Å². The Morgan fingerprint density at radius 1 is 1.28 bits per heavy atom. The molecule has 0 amide bonds. The molecule has 0 radical (unpaired) electrons. The SMILES string of the molecule is CCCCc1ccc2nc(C(F)F)cc(Cl)c2c1. The van der Waals surface area contributed by atoms with Crippen molar-refractivity contribution in [3.8, 4) is 0 Å². The van der Waals surface area contributed by atoms with Gasteiger partial charge in [0.2, 0.25) is 0 Å². The Balaban J connectivity index is 2.44. The lowest BCUT2D eigenvalue weighted by atomic mass is 10.1. The van der Waals surface area contributed by atoms with Gasteiger partial charge in [0.15, 0.2) is 0 Å². The molecule has 0 aliphatic carbocycles. The summed E-state index contributed by atoms with van der Waals surface area (Å²) in [5.41, 5.74) is 1.42. The third kappa shape index (κ3) is 2.78. The smallest absolute Gasteiger partial charge is 0.247 e. The van der Waals surface area contributed by atoms with Gasteiger partial charge in [0.05, 0.1) is 10.5 Å². The Kier molecular flexibility index (Phi) is 4.12. The third-order valence-corrected chi connectivity index (χ3v) is 3.20. The molecule has 1 aromatic carbocycles. The topological polar surface area (TPSA) is 12.9 Å². The van der Waals surface area contributed by atoms with Crippen molar-refractivity contribution in [3.05, 3.63) is 40.5 Å². The lowest BCUT2D eigenvalue weighted by Gasteiger charge is -2.07. The van der Waals surface area contributed by atoms with Crippen LogP contribution < -0.4 is 0 Å². The van der Waals surface area contributed by atoms with Gasteiger partial charge in [-0.3, -0.25) is 0 Å². The molecule has 0 bridgehead atoms. The van der Waals surface area contributed by atoms with E-state index < -0.39 is 6.43 Å². The van der Waals surface area contributed by atoms with Gasteiger partial charge in [-0.25, -0.2) is 13.8 Å². The molecule has 0 saturated heterocycles. The number of nitrogens with zero attached hydrogens (tertiary/aromatic N) is 1. The first-order chi connectivity index (χ1) is 8.61. The number of halogens is 3. The molecule has 96 valence electrons. The van der Waals surface area contributed by atoms with E-state index in [-0.39, 0.29) is 5.69 Å². The quantitative estimate of drug-likeness (QED) is 0.746. The van der Waals surface area contributed by atoms with Gasteiger partial charge < -0.3 is 0 Å². The number of fused-ring (bicyclic) bond motifs is 1. The van der Waals surface area contributed by atoms with E-state index in [9.17, 15) is 8.78 Å². The van der Waals surface area contributed by atoms with Crippen LogP contribution in [0.5, 0.6) is 0 Å². The van der Waals surface area contributed by atoms with E-state index in [0.29, 0.717) is 10.5 Å². The number of hydrogen-bond acceptors (Lipinski definition) is 1. The van der Waals surface area contributed by atoms with Crippen molar-refractivity contribution in [2.45, 2.75) is 32.6 Å². The Morgan fingerprint density at radius 2 is 2.06 bits per heavy atom. The fraction of sp³-hybridized carbons (Fsp3) is 0.357. The molecular formula is C14H14ClF2N. The Hall–Kier alpha value is -1.22. The van der Waals surface area contributed by atoms with Crippen molar-refractivity contribution in [2.75, 3.05) is 0 Å². The minimum atomic E-state index is -2.59. The normalized spacial score (nSPS) is 11.4. The lowest BCUT2D eigenvalue weighted by Crippen LogP contribution is -1.93. The third-order valence-electron chi connectivity index (χ3n) is 2.89. The van der Waals surface area contributed by atoms with Crippen LogP contribution in [0.3, 0.4) is 0 Å². The van der Waals surface area contributed by atoms with Crippen LogP contribution in [-0.4, -0.2) is 4.98 Å². The summed E-state index contributed by atoms with van der Waals surface area (Å²) in [4.78, 5) is 3.92. The summed E-state index contributed by atoms with van der Waals surface area (Å²) >= 11 is 6.04. The molecule has 0 saturated carbocycles. The Bertz CT molecular complexity index is 555. The summed E-state index contributed by atoms with van der Waals surface area (Å²) in [6.07, 6.45) is 0.603. The van der Waals surface area contributed by atoms with Crippen molar-refractivity contribution in [3.63, 3.8) is 0 Å². The maximum absolute atomic E-state index is 12.6. The van der Waals surface area contributed by atoms with Crippen LogP contribution in [0.25, 0.3) is 10.9 Å². The van der Waals surface area contributed by atoms with Crippen LogP contribution in [0.1, 0.15) is 37.4 Å². The Morgan fingerprint density at radius 3 is 2.72 bits per heavy atom. The molecule has 1 heterocycles. The van der Waals surface area contributed by atoms with Gasteiger partial charge in [0, 0.05) is 5.39 Å². The summed E-state index contributed by atoms with van der Waals surface area (Å²) in [6, 6.07) is 6.88. The van der Waals surface area contributed by atoms with E-state index in [1.54, 1.807) is 6.07 Å². The fourth-order valence-corrected chi connectivity index (χ4v) is 2.16. The summed E-state index contributed by atoms with van der Waals surface area (Å²) < 4.78 is 25.2. The van der Waals surface area contributed by atoms with Crippen LogP contribution in [0.4, 0.5) is 8.78 Å². The van der Waals surface area contributed by atoms with E-state index in [4.69, 9.17) is 11.6 Å². The zero-order valence-corrected chi connectivity index (χ0v) is 10.8. The van der Waals surface area contributed by atoms with Gasteiger partial charge >= 0.3 is 0 Å². The first-order valence-corrected chi connectivity index (χ1v) is 6.37. The minimum Gasteiger partial charge on any atom is -0.247 e. The van der Waals surface area contributed by atoms with Crippen molar-refractivity contribution in [1.82, 2.24) is 4.98 Å². The van der Waals surface area contributed by atoms with Crippen molar-refractivity contribution in [1.29, 1.82) is 0 Å². The molecule has 2 aromatic rings. The zero-order chi connectivity index (χ0) is 13.1. The van der Waals surface area contributed by atoms with E-state index >= 15 is 0 Å². The molecule has 0 unspecified atom stereocenters. The number of benzene rings is 1. The molecule has 2 rings (SSSR count). The van der Waals surface area contributed by atoms with Gasteiger partial charge in [0.1, 0.15) is 5.69 Å². The highest BCUT2D eigenvalue weighted by molar-refractivity contribution is 6.35. The summed E-state index contributed by atoms with van der Waals surface area (Å²) in [7, 11) is 0. The van der Waals surface area contributed by atoms with Gasteiger partial charge in [-0.05, 0) is 36.6 Å². The number of unbranched alkanes of at least 4 members (excludes halogenated alkanes) is 1. The highest BCUT2D eigenvalue weighted by atomic mass is 35.5. The second-order valence-corrected chi connectivity index (χ2v) is 4.69. The first-order valence-electron chi connectivity index (χ1n) is 5.99. The minimum absolute atomic E-state index is 0.270. The molecule has 0 aliphatic rings. The predicted molar refractivity (Wildman–Crippen MR) is 70.3 cm³/mol. The lowest BCUT2D eigenvalue weighted by molar-refractivity contribution is 0.146. The van der Waals surface area contributed by atoms with Crippen LogP contribution in [0.2, 0.25) is 5.02 Å². The number of aromatic nitrogens is 1. The van der Waals surface area contributed by atoms with Gasteiger partial charge in [0.25, 0.3) is 6.43 Å². The summed E-state index contributed by atoms with van der Waals surface area (Å²) in [6.45, 7) is 2.13. The van der Waals surface area contributed by atoms with Crippen LogP contribution >= 0.6 is 11.6 Å². The highest BCUT2D eigenvalue weighted by Gasteiger charge is 2.12. The van der Waals surface area contributed by atoms with Crippen LogP contribution in [0.15, 0.2) is 24.3 Å². The van der Waals surface area contributed by atoms with E-state index in [1.165, 1.54) is 6.07 Å². The second-order valence-electron chi connectivity index (χ2n) is 4.28. The monoisotopic (exact) mass is 269 g/mol. The molecule has 1 aromatic heterocycles. The molecule has 1 nitrogen and oxygen atoms in total. The summed E-state index contributed by atoms with van der Waals surface area (Å²) in [5.74, 6) is 0. The number of pyridine rings is 1. The molecule has 0 N–H and O–H groups in total. The van der Waals surface area contributed by atoms with Gasteiger partial charge in [-0.2, -0.15) is 0 Å². The largest absolute Gasteiger partial charge is 0.280 e. The van der Waals surface area contributed by atoms with E-state index in [0.717, 1.165) is 30.2 Å². The molecule has 4 heteroatoms. The predicted octanol–water partition coefficient (Wildman–Crippen LogP) is 5.17. The van der Waals surface area contributed by atoms with Crippen LogP contribution in [0, 0.1) is 0 Å². The number of aryl methyl sites for hydroxylation is 1. The average molecular weight is 270 g/mol. The van der Waals surface area contributed by atoms with E-state index in [2.05, 4.69) is 11.9 Å². The number of hydrogen-bond donors (Lipinski definition) is 0. The molecule has 18 heavy (non-hydrogen) atoms. The fourth-order valence-electron chi connectivity index (χ4n) is 1.90. The number of alkyl halides is 2. The molecule has 0 aliphatic heterocycles. The van der Waals surface area contributed by atoms with Crippen LogP contribution in [-0.2, 0) is 6.42 Å². The highest BCUT2D eigenvalue weighted by Crippen LogP contribution is 2.28. The number of rotatable bonds is 4. The van der Waals surface area contributed by atoms with Gasteiger partial charge in [-0.1, -0.05) is 31.0 Å². The maximum Gasteiger partial charge on any atom is 0.280 e. The van der Waals surface area contributed by atoms with Gasteiger partial charge in [-0.15, -0.1) is 0 Å². The molecule has 0 spiro atoms. The molecular weight excluding hydrogens is 256 g/mol. The maximum atomic E-state index is 12.6. The van der Waals surface area contributed by atoms with Crippen molar-refractivity contribution in [2.24, 2.45) is 0 Å². The molecule has 0 atom stereocenters.